The molecule has 0 spiro atoms. The molecule has 0 aliphatic heterocycles. The molecule has 0 aromatic heterocycles. The highest BCUT2D eigenvalue weighted by atomic mass is 35.5. The molecule has 0 saturated heterocycles. The van der Waals surface area contributed by atoms with Crippen molar-refractivity contribution in [2.45, 2.75) is 43.4 Å². The van der Waals surface area contributed by atoms with E-state index in [0.717, 1.165) is 25.7 Å². The van der Waals surface area contributed by atoms with Gasteiger partial charge < -0.3 is 9.47 Å². The van der Waals surface area contributed by atoms with Gasteiger partial charge in [0.2, 0.25) is 0 Å². The van der Waals surface area contributed by atoms with Crippen LogP contribution in [-0.4, -0.2) is 30.3 Å². The Morgan fingerprint density at radius 1 is 1.12 bits per heavy atom. The predicted octanol–water partition coefficient (Wildman–Crippen LogP) is 4.00. The summed E-state index contributed by atoms with van der Waals surface area (Å²) in [6, 6.07) is 6.83. The fourth-order valence-corrected chi connectivity index (χ4v) is 6.23. The lowest BCUT2D eigenvalue weighted by Gasteiger charge is -2.58. The zero-order chi connectivity index (χ0) is 17.7. The van der Waals surface area contributed by atoms with E-state index in [-0.39, 0.29) is 23.2 Å². The van der Waals surface area contributed by atoms with Crippen LogP contribution in [0.15, 0.2) is 24.3 Å². The maximum Gasteiger partial charge on any atom is 0.312 e. The second kappa shape index (κ2) is 6.01. The zero-order valence-corrected chi connectivity index (χ0v) is 15.2. The van der Waals surface area contributed by atoms with Crippen LogP contribution in [0.2, 0.25) is 0 Å². The number of methoxy groups -OCH3 is 1. The second-order valence-corrected chi connectivity index (χ2v) is 8.92. The third-order valence-electron chi connectivity index (χ3n) is 6.17. The maximum absolute atomic E-state index is 12.8. The van der Waals surface area contributed by atoms with E-state index < -0.39 is 5.41 Å². The molecule has 4 aliphatic rings. The van der Waals surface area contributed by atoms with Gasteiger partial charge >= 0.3 is 5.97 Å². The Balaban J connectivity index is 1.41. The molecule has 4 nitrogen and oxygen atoms in total. The lowest BCUT2D eigenvalue weighted by Crippen LogP contribution is -2.56. The highest BCUT2D eigenvalue weighted by Crippen LogP contribution is 2.64. The molecule has 1 aromatic carbocycles. The van der Waals surface area contributed by atoms with Crippen LogP contribution < -0.4 is 4.74 Å². The smallest absolute Gasteiger partial charge is 0.312 e. The molecule has 0 radical (unpaired) electrons. The number of carbonyl (C=O) groups excluding carboxylic acids is 2. The predicted molar refractivity (Wildman–Crippen MR) is 94.0 cm³/mol. The maximum atomic E-state index is 12.8. The Morgan fingerprint density at radius 2 is 1.76 bits per heavy atom. The van der Waals surface area contributed by atoms with Crippen molar-refractivity contribution >= 4 is 23.4 Å². The standard InChI is InChI=1S/C20H23ClO4/c1-24-16-4-2-15(3-5-16)17(22)11-25-18(23)19-7-13-6-14(8-19)10-20(21,9-13)12-19/h2-5,13-14H,6-12H2,1H3/t13-,14+,19?,20?. The number of hydrogen-bond donors (Lipinski definition) is 0. The fourth-order valence-electron chi connectivity index (χ4n) is 5.53. The molecule has 4 atom stereocenters. The van der Waals surface area contributed by atoms with Gasteiger partial charge in [-0.3, -0.25) is 9.59 Å². The Labute approximate surface area is 152 Å². The van der Waals surface area contributed by atoms with Crippen molar-refractivity contribution < 1.29 is 19.1 Å². The van der Waals surface area contributed by atoms with E-state index in [1.54, 1.807) is 31.4 Å². The Bertz CT molecular complexity index is 682. The van der Waals surface area contributed by atoms with Crippen molar-refractivity contribution in [2.24, 2.45) is 17.3 Å². The molecule has 4 bridgehead atoms. The van der Waals surface area contributed by atoms with Crippen LogP contribution in [0, 0.1) is 17.3 Å². The van der Waals surface area contributed by atoms with Crippen LogP contribution in [-0.2, 0) is 9.53 Å². The largest absolute Gasteiger partial charge is 0.497 e. The number of alkyl halides is 1. The summed E-state index contributed by atoms with van der Waals surface area (Å²) in [5.41, 5.74) is 0.0550. The van der Waals surface area contributed by atoms with E-state index in [4.69, 9.17) is 21.1 Å². The number of benzene rings is 1. The van der Waals surface area contributed by atoms with Crippen LogP contribution in [0.25, 0.3) is 0 Å². The molecule has 0 amide bonds. The quantitative estimate of drug-likeness (QED) is 0.451. The Morgan fingerprint density at radius 3 is 2.32 bits per heavy atom. The fraction of sp³-hybridized carbons (Fsp3) is 0.600. The molecule has 1 aromatic rings. The lowest BCUT2D eigenvalue weighted by atomic mass is 9.49. The SMILES string of the molecule is COc1ccc(C(=O)COC(=O)C23C[C@@H]4C[C@@H](CC(Cl)(C4)C2)C3)cc1. The van der Waals surface area contributed by atoms with Crippen molar-refractivity contribution in [3.8, 4) is 5.75 Å². The third kappa shape index (κ3) is 3.05. The molecule has 0 heterocycles. The molecular formula is C20H23ClO4. The Kier molecular flexibility index (Phi) is 4.06. The van der Waals surface area contributed by atoms with Gasteiger partial charge in [-0.2, -0.15) is 0 Å². The number of carbonyl (C=O) groups is 2. The summed E-state index contributed by atoms with van der Waals surface area (Å²) in [4.78, 5) is 24.9. The minimum atomic E-state index is -0.466. The highest BCUT2D eigenvalue weighted by molar-refractivity contribution is 6.24. The number of ketones is 1. The van der Waals surface area contributed by atoms with Crippen molar-refractivity contribution in [1.82, 2.24) is 0 Å². The van der Waals surface area contributed by atoms with Crippen molar-refractivity contribution in [2.75, 3.05) is 13.7 Å². The number of ether oxygens (including phenoxy) is 2. The topological polar surface area (TPSA) is 52.6 Å². The van der Waals surface area contributed by atoms with Crippen LogP contribution in [0.4, 0.5) is 0 Å². The molecule has 25 heavy (non-hydrogen) atoms. The van der Waals surface area contributed by atoms with Crippen LogP contribution in [0.1, 0.15) is 48.9 Å². The molecule has 4 fully saturated rings. The molecule has 2 unspecified atom stereocenters. The molecule has 134 valence electrons. The van der Waals surface area contributed by atoms with Crippen LogP contribution in [0.5, 0.6) is 5.75 Å². The monoisotopic (exact) mass is 362 g/mol. The van der Waals surface area contributed by atoms with E-state index >= 15 is 0 Å². The van der Waals surface area contributed by atoms with Crippen LogP contribution in [0.3, 0.4) is 0 Å². The van der Waals surface area contributed by atoms with E-state index in [9.17, 15) is 9.59 Å². The van der Waals surface area contributed by atoms with E-state index in [0.29, 0.717) is 29.6 Å². The van der Waals surface area contributed by atoms with Gasteiger partial charge in [0.25, 0.3) is 0 Å². The molecule has 4 aliphatic carbocycles. The number of Topliss-reactive ketones (excluding diaryl/α,β-unsaturated/α-hetero) is 1. The first-order valence-corrected chi connectivity index (χ1v) is 9.33. The minimum Gasteiger partial charge on any atom is -0.497 e. The van der Waals surface area contributed by atoms with Gasteiger partial charge in [0.05, 0.1) is 12.5 Å². The normalized spacial score (nSPS) is 35.4. The van der Waals surface area contributed by atoms with Gasteiger partial charge in [-0.15, -0.1) is 11.6 Å². The zero-order valence-electron chi connectivity index (χ0n) is 14.4. The van der Waals surface area contributed by atoms with Gasteiger partial charge in [-0.25, -0.2) is 0 Å². The van der Waals surface area contributed by atoms with Gasteiger partial charge in [0, 0.05) is 10.4 Å². The number of esters is 1. The number of halogens is 1. The minimum absolute atomic E-state index is 0.193. The molecule has 5 heteroatoms. The lowest BCUT2D eigenvalue weighted by molar-refractivity contribution is -0.168. The number of hydrogen-bond acceptors (Lipinski definition) is 4. The average Bonchev–Trinajstić information content (AvgIpc) is 2.57. The summed E-state index contributed by atoms with van der Waals surface area (Å²) in [5, 5.41) is 0. The first-order chi connectivity index (χ1) is 11.9. The summed E-state index contributed by atoms with van der Waals surface area (Å²) in [6.45, 7) is -0.211. The van der Waals surface area contributed by atoms with Gasteiger partial charge in [0.15, 0.2) is 12.4 Å². The molecule has 4 saturated carbocycles. The van der Waals surface area contributed by atoms with Gasteiger partial charge in [-0.1, -0.05) is 0 Å². The summed E-state index contributed by atoms with van der Waals surface area (Å²) in [6.07, 6.45) is 5.66. The van der Waals surface area contributed by atoms with Gasteiger partial charge in [-0.05, 0) is 74.6 Å². The van der Waals surface area contributed by atoms with Crippen molar-refractivity contribution in [1.29, 1.82) is 0 Å². The van der Waals surface area contributed by atoms with Crippen molar-refractivity contribution in [3.63, 3.8) is 0 Å². The Hall–Kier alpha value is -1.55. The summed E-state index contributed by atoms with van der Waals surface area (Å²) in [5.74, 6) is 1.33. The van der Waals surface area contributed by atoms with E-state index in [1.807, 2.05) is 0 Å². The molecular weight excluding hydrogens is 340 g/mol. The summed E-state index contributed by atoms with van der Waals surface area (Å²) in [7, 11) is 1.58. The first kappa shape index (κ1) is 16.9. The number of rotatable bonds is 5. The summed E-state index contributed by atoms with van der Waals surface area (Å²) < 4.78 is 10.6. The highest BCUT2D eigenvalue weighted by Gasteiger charge is 2.60. The average molecular weight is 363 g/mol. The van der Waals surface area contributed by atoms with Crippen LogP contribution >= 0.6 is 11.6 Å². The first-order valence-electron chi connectivity index (χ1n) is 8.95. The van der Waals surface area contributed by atoms with E-state index in [1.165, 1.54) is 6.42 Å². The van der Waals surface area contributed by atoms with E-state index in [2.05, 4.69) is 0 Å². The van der Waals surface area contributed by atoms with Crippen molar-refractivity contribution in [3.05, 3.63) is 29.8 Å². The second-order valence-electron chi connectivity index (χ2n) is 8.12. The molecule has 5 rings (SSSR count). The third-order valence-corrected chi connectivity index (χ3v) is 6.61. The van der Waals surface area contributed by atoms with Gasteiger partial charge in [0.1, 0.15) is 5.75 Å². The summed E-state index contributed by atoms with van der Waals surface area (Å²) >= 11 is 6.77. The molecule has 0 N–H and O–H groups in total.